The Morgan fingerprint density at radius 3 is 2.71 bits per heavy atom. The van der Waals surface area contributed by atoms with Crippen LogP contribution in [0.3, 0.4) is 0 Å². The van der Waals surface area contributed by atoms with Gasteiger partial charge in [-0.2, -0.15) is 5.10 Å². The maximum atomic E-state index is 14.7. The van der Waals surface area contributed by atoms with Crippen molar-refractivity contribution in [2.45, 2.75) is 31.7 Å². The van der Waals surface area contributed by atoms with Crippen LogP contribution in [-0.2, 0) is 6.42 Å². The van der Waals surface area contributed by atoms with Gasteiger partial charge in [-0.1, -0.05) is 23.7 Å². The Hall–Kier alpha value is -3.99. The number of carbonyl (C=O) groups is 1. The highest BCUT2D eigenvalue weighted by Crippen LogP contribution is 2.36. The topological polar surface area (TPSA) is 88.8 Å². The lowest BCUT2D eigenvalue weighted by Gasteiger charge is -2.32. The van der Waals surface area contributed by atoms with Crippen molar-refractivity contribution in [1.29, 1.82) is 0 Å². The van der Waals surface area contributed by atoms with Crippen molar-refractivity contribution in [2.24, 2.45) is 0 Å². The Morgan fingerprint density at radius 2 is 1.95 bits per heavy atom. The Morgan fingerprint density at radius 1 is 1.11 bits per heavy atom. The third-order valence-corrected chi connectivity index (χ3v) is 7.14. The molecule has 0 bridgehead atoms. The van der Waals surface area contributed by atoms with Crippen LogP contribution in [-0.4, -0.2) is 43.7 Å². The van der Waals surface area contributed by atoms with E-state index in [0.717, 1.165) is 61.3 Å². The van der Waals surface area contributed by atoms with E-state index in [-0.39, 0.29) is 22.5 Å². The lowest BCUT2D eigenvalue weighted by atomic mass is 10.0. The number of alkyl halides is 2. The lowest BCUT2D eigenvalue weighted by molar-refractivity contribution is 0.102. The number of pyridine rings is 1. The Balaban J connectivity index is 1.21. The van der Waals surface area contributed by atoms with Crippen molar-refractivity contribution in [3.8, 4) is 11.3 Å². The van der Waals surface area contributed by atoms with Crippen molar-refractivity contribution in [1.82, 2.24) is 24.7 Å². The molecular formula is C26H21ClF3N7O. The number of nitrogens with zero attached hydrogens (tertiary/aromatic N) is 6. The third-order valence-electron chi connectivity index (χ3n) is 6.85. The number of hydrogen-bond donors (Lipinski definition) is 1. The SMILES string of the molecule is O=C(Nc1cnn([C@@H]2CCc3nc(N4CCC4)ccc32)c1)c1cncc(-c2c(C(F)F)ccc(Cl)c2F)n1. The van der Waals surface area contributed by atoms with Gasteiger partial charge in [0.25, 0.3) is 12.3 Å². The first-order valence-corrected chi connectivity index (χ1v) is 12.5. The van der Waals surface area contributed by atoms with Crippen LogP contribution in [0.15, 0.2) is 49.1 Å². The first-order chi connectivity index (χ1) is 18.4. The Labute approximate surface area is 220 Å². The van der Waals surface area contributed by atoms with Gasteiger partial charge in [0, 0.05) is 36.1 Å². The van der Waals surface area contributed by atoms with Crippen molar-refractivity contribution in [3.05, 3.63) is 82.4 Å². The van der Waals surface area contributed by atoms with E-state index >= 15 is 0 Å². The molecule has 0 unspecified atom stereocenters. The van der Waals surface area contributed by atoms with E-state index in [1.54, 1.807) is 10.9 Å². The highest BCUT2D eigenvalue weighted by molar-refractivity contribution is 6.31. The zero-order chi connectivity index (χ0) is 26.4. The van der Waals surface area contributed by atoms with Gasteiger partial charge in [-0.15, -0.1) is 0 Å². The summed E-state index contributed by atoms with van der Waals surface area (Å²) >= 11 is 5.81. The average molecular weight is 540 g/mol. The van der Waals surface area contributed by atoms with Crippen LogP contribution < -0.4 is 10.2 Å². The minimum absolute atomic E-state index is 0.00437. The van der Waals surface area contributed by atoms with Crippen molar-refractivity contribution < 1.29 is 18.0 Å². The number of aromatic nitrogens is 5. The number of halogens is 4. The molecule has 1 fully saturated rings. The standard InChI is InChI=1S/C26H21ClF3N7O/c27-17-4-2-16(25(29)30)23(24(17)28)19-11-31-12-20(34-19)26(38)33-14-10-32-37(13-14)21-6-5-18-15(21)3-7-22(35-18)36-8-1-9-36/h2-4,7,10-13,21,25H,1,5-6,8-9H2,(H,33,38)/t21-/m1/s1. The molecular weight excluding hydrogens is 519 g/mol. The molecule has 1 saturated heterocycles. The summed E-state index contributed by atoms with van der Waals surface area (Å²) in [6.07, 6.45) is 5.40. The Kier molecular flexibility index (Phi) is 6.22. The van der Waals surface area contributed by atoms with Gasteiger partial charge in [0.2, 0.25) is 0 Å². The maximum absolute atomic E-state index is 14.7. The fourth-order valence-electron chi connectivity index (χ4n) is 4.80. The summed E-state index contributed by atoms with van der Waals surface area (Å²) in [5, 5.41) is 6.78. The van der Waals surface area contributed by atoms with Crippen LogP contribution in [0.25, 0.3) is 11.3 Å². The van der Waals surface area contributed by atoms with Gasteiger partial charge in [0.05, 0.1) is 41.0 Å². The summed E-state index contributed by atoms with van der Waals surface area (Å²) in [5.74, 6) is -0.695. The monoisotopic (exact) mass is 539 g/mol. The fourth-order valence-corrected chi connectivity index (χ4v) is 4.96. The molecule has 2 aliphatic rings. The minimum atomic E-state index is -2.97. The molecule has 1 atom stereocenters. The fraction of sp³-hybridized carbons (Fsp3) is 0.269. The summed E-state index contributed by atoms with van der Waals surface area (Å²) in [7, 11) is 0. The van der Waals surface area contributed by atoms with E-state index in [9.17, 15) is 18.0 Å². The molecule has 1 amide bonds. The van der Waals surface area contributed by atoms with E-state index in [0.29, 0.717) is 5.69 Å². The molecule has 1 N–H and O–H groups in total. The zero-order valence-electron chi connectivity index (χ0n) is 19.9. The van der Waals surface area contributed by atoms with Gasteiger partial charge >= 0.3 is 0 Å². The van der Waals surface area contributed by atoms with Gasteiger partial charge in [0.15, 0.2) is 5.82 Å². The number of anilines is 2. The maximum Gasteiger partial charge on any atom is 0.275 e. The van der Waals surface area contributed by atoms with Crippen LogP contribution in [0, 0.1) is 5.82 Å². The smallest absolute Gasteiger partial charge is 0.275 e. The highest BCUT2D eigenvalue weighted by Gasteiger charge is 2.28. The highest BCUT2D eigenvalue weighted by atomic mass is 35.5. The molecule has 3 aromatic heterocycles. The van der Waals surface area contributed by atoms with Gasteiger partial charge < -0.3 is 10.2 Å². The summed E-state index contributed by atoms with van der Waals surface area (Å²) in [6.45, 7) is 2.07. The average Bonchev–Trinajstić information content (AvgIpc) is 3.51. The molecule has 0 radical (unpaired) electrons. The van der Waals surface area contributed by atoms with E-state index in [1.807, 2.05) is 6.07 Å². The number of aryl methyl sites for hydroxylation is 1. The van der Waals surface area contributed by atoms with Crippen LogP contribution in [0.2, 0.25) is 5.02 Å². The third kappa shape index (κ3) is 4.36. The molecule has 194 valence electrons. The molecule has 4 heterocycles. The van der Waals surface area contributed by atoms with Crippen molar-refractivity contribution >= 4 is 29.0 Å². The van der Waals surface area contributed by atoms with Gasteiger partial charge in [-0.3, -0.25) is 14.5 Å². The molecule has 38 heavy (non-hydrogen) atoms. The van der Waals surface area contributed by atoms with Crippen LogP contribution >= 0.6 is 11.6 Å². The molecule has 0 saturated carbocycles. The zero-order valence-corrected chi connectivity index (χ0v) is 20.7. The molecule has 0 spiro atoms. The largest absolute Gasteiger partial charge is 0.356 e. The second-order valence-corrected chi connectivity index (χ2v) is 9.59. The molecule has 12 heteroatoms. The van der Waals surface area contributed by atoms with Crippen LogP contribution in [0.1, 0.15) is 52.6 Å². The summed E-state index contributed by atoms with van der Waals surface area (Å²) < 4.78 is 43.5. The normalized spacial score (nSPS) is 16.4. The molecule has 6 rings (SSSR count). The van der Waals surface area contributed by atoms with Crippen molar-refractivity contribution in [3.63, 3.8) is 0 Å². The number of amides is 1. The number of nitrogens with one attached hydrogen (secondary N) is 1. The summed E-state index contributed by atoms with van der Waals surface area (Å²) in [5.41, 5.74) is 1.09. The van der Waals surface area contributed by atoms with E-state index < -0.39 is 29.3 Å². The number of fused-ring (bicyclic) bond motifs is 1. The van der Waals surface area contributed by atoms with Gasteiger partial charge in [-0.05, 0) is 37.0 Å². The van der Waals surface area contributed by atoms with E-state index in [2.05, 4.69) is 31.3 Å². The number of hydrogen-bond acceptors (Lipinski definition) is 6. The predicted octanol–water partition coefficient (Wildman–Crippen LogP) is 5.46. The van der Waals surface area contributed by atoms with E-state index in [4.69, 9.17) is 16.6 Å². The summed E-state index contributed by atoms with van der Waals surface area (Å²) in [6, 6.07) is 6.20. The van der Waals surface area contributed by atoms with E-state index in [1.165, 1.54) is 18.8 Å². The first kappa shape index (κ1) is 24.4. The molecule has 4 aromatic rings. The van der Waals surface area contributed by atoms with Gasteiger partial charge in [0.1, 0.15) is 11.5 Å². The quantitative estimate of drug-likeness (QED) is 0.350. The number of carbonyl (C=O) groups excluding carboxylic acids is 1. The Bertz CT molecular complexity index is 1540. The first-order valence-electron chi connectivity index (χ1n) is 12.1. The molecule has 1 aliphatic carbocycles. The number of rotatable bonds is 6. The molecule has 1 aromatic carbocycles. The number of benzene rings is 1. The second-order valence-electron chi connectivity index (χ2n) is 9.18. The summed E-state index contributed by atoms with van der Waals surface area (Å²) in [4.78, 5) is 28.0. The second kappa shape index (κ2) is 9.71. The van der Waals surface area contributed by atoms with Crippen molar-refractivity contribution in [2.75, 3.05) is 23.3 Å². The predicted molar refractivity (Wildman–Crippen MR) is 135 cm³/mol. The molecule has 1 aliphatic heterocycles. The lowest BCUT2D eigenvalue weighted by Crippen LogP contribution is -2.37. The van der Waals surface area contributed by atoms with Crippen LogP contribution in [0.4, 0.5) is 24.7 Å². The minimum Gasteiger partial charge on any atom is -0.356 e. The van der Waals surface area contributed by atoms with Gasteiger partial charge in [-0.25, -0.2) is 23.1 Å². The molecule has 8 nitrogen and oxygen atoms in total. The van der Waals surface area contributed by atoms with Crippen LogP contribution in [0.5, 0.6) is 0 Å².